The van der Waals surface area contributed by atoms with E-state index in [1.807, 2.05) is 0 Å². The van der Waals surface area contributed by atoms with Gasteiger partial charge in [-0.2, -0.15) is 0 Å². The third-order valence-corrected chi connectivity index (χ3v) is 3.24. The second kappa shape index (κ2) is 6.83. The highest BCUT2D eigenvalue weighted by Crippen LogP contribution is 2.11. The number of nitrogens with one attached hydrogen (secondary N) is 1. The van der Waals surface area contributed by atoms with Crippen molar-refractivity contribution in [1.29, 1.82) is 0 Å². The number of hydrogen-bond acceptors (Lipinski definition) is 3. The second-order valence-corrected chi connectivity index (χ2v) is 4.80. The van der Waals surface area contributed by atoms with Gasteiger partial charge in [0.2, 0.25) is 0 Å². The van der Waals surface area contributed by atoms with Gasteiger partial charge in [0.1, 0.15) is 0 Å². The van der Waals surface area contributed by atoms with Gasteiger partial charge in [-0.25, -0.2) is 13.8 Å². The molecule has 1 heterocycles. The summed E-state index contributed by atoms with van der Waals surface area (Å²) in [5.74, 6) is -0.167. The normalized spacial score (nSPS) is 12.6. The highest BCUT2D eigenvalue weighted by atomic mass is 19.1. The van der Waals surface area contributed by atoms with Crippen LogP contribution < -0.4 is 11.2 Å². The maximum absolute atomic E-state index is 12.6. The number of Topliss-reactive ketones (excluding diaryl/α,β-unsaturated/α-hetero) is 1. The van der Waals surface area contributed by atoms with E-state index in [1.54, 1.807) is 13.0 Å². The van der Waals surface area contributed by atoms with Gasteiger partial charge in [-0.05, 0) is 44.2 Å². The van der Waals surface area contributed by atoms with Crippen molar-refractivity contribution in [2.45, 2.75) is 13.8 Å². The molecule has 0 radical (unpaired) electrons. The lowest BCUT2D eigenvalue weighted by molar-refractivity contribution is 0.101. The van der Waals surface area contributed by atoms with Gasteiger partial charge in [0.05, 0.1) is 22.9 Å². The monoisotopic (exact) mass is 314 g/mol. The highest BCUT2D eigenvalue weighted by Gasteiger charge is 2.11. The number of ketones is 1. The molecule has 2 aromatic rings. The summed E-state index contributed by atoms with van der Waals surface area (Å²) < 4.78 is 13.1. The zero-order chi connectivity index (χ0) is 17.0. The van der Waals surface area contributed by atoms with Crippen LogP contribution in [0.25, 0.3) is 16.6 Å². The first-order valence-electron chi connectivity index (χ1n) is 6.89. The Labute approximate surface area is 131 Å². The molecule has 118 valence electrons. The fourth-order valence-corrected chi connectivity index (χ4v) is 2.18. The topological polar surface area (TPSA) is 71.9 Å². The molecule has 0 atom stereocenters. The smallest absolute Gasteiger partial charge is 0.306 e. The number of carbonyl (C=O) groups excluding carboxylic acids is 1. The lowest BCUT2D eigenvalue weighted by Gasteiger charge is -2.07. The number of H-pyrrole nitrogens is 1. The Balaban J connectivity index is 2.81. The molecule has 6 heteroatoms. The van der Waals surface area contributed by atoms with Crippen molar-refractivity contribution in [3.63, 3.8) is 0 Å². The van der Waals surface area contributed by atoms with Gasteiger partial charge in [-0.1, -0.05) is 12.1 Å². The maximum Gasteiger partial charge on any atom is 0.333 e. The van der Waals surface area contributed by atoms with E-state index < -0.39 is 11.2 Å². The van der Waals surface area contributed by atoms with E-state index in [2.05, 4.69) is 4.98 Å². The van der Waals surface area contributed by atoms with Crippen molar-refractivity contribution < 1.29 is 9.18 Å². The standard InChI is InChI=1S/C17H15FN2O3/c1-3-5-13(6-4-9-18)20-16(22)14-8-7-12(11(2)21)10-15(14)19-17(20)23/h3-10H,1-2H3,(H,19,23)/b5-3-,9-4+,13-6+. The molecule has 0 saturated carbocycles. The summed E-state index contributed by atoms with van der Waals surface area (Å²) in [6.45, 7) is 3.11. The summed E-state index contributed by atoms with van der Waals surface area (Å²) >= 11 is 0. The van der Waals surface area contributed by atoms with Gasteiger partial charge in [0.15, 0.2) is 5.78 Å². The summed E-state index contributed by atoms with van der Waals surface area (Å²) in [6, 6.07) is 4.47. The third-order valence-electron chi connectivity index (χ3n) is 3.24. The number of halogens is 1. The van der Waals surface area contributed by atoms with Crippen molar-refractivity contribution >= 4 is 22.4 Å². The minimum atomic E-state index is -0.667. The molecule has 0 unspecified atom stereocenters. The second-order valence-electron chi connectivity index (χ2n) is 4.80. The number of rotatable bonds is 4. The van der Waals surface area contributed by atoms with Gasteiger partial charge >= 0.3 is 5.69 Å². The van der Waals surface area contributed by atoms with Gasteiger partial charge < -0.3 is 4.98 Å². The molecule has 5 nitrogen and oxygen atoms in total. The van der Waals surface area contributed by atoms with E-state index in [0.29, 0.717) is 11.9 Å². The Morgan fingerprint density at radius 2 is 2.04 bits per heavy atom. The van der Waals surface area contributed by atoms with Gasteiger partial charge in [-0.15, -0.1) is 0 Å². The van der Waals surface area contributed by atoms with E-state index in [1.165, 1.54) is 37.3 Å². The maximum atomic E-state index is 12.6. The molecule has 0 amide bonds. The molecule has 2 rings (SSSR count). The van der Waals surface area contributed by atoms with E-state index in [4.69, 9.17) is 0 Å². The Bertz CT molecular complexity index is 962. The Kier molecular flexibility index (Phi) is 4.85. The van der Waals surface area contributed by atoms with Crippen LogP contribution >= 0.6 is 0 Å². The zero-order valence-corrected chi connectivity index (χ0v) is 12.7. The first-order chi connectivity index (χ1) is 11.0. The number of aromatic amines is 1. The van der Waals surface area contributed by atoms with Crippen molar-refractivity contribution in [3.8, 4) is 0 Å². The summed E-state index contributed by atoms with van der Waals surface area (Å²) in [5, 5.41) is 0.259. The first-order valence-corrected chi connectivity index (χ1v) is 6.89. The fourth-order valence-electron chi connectivity index (χ4n) is 2.18. The summed E-state index contributed by atoms with van der Waals surface area (Å²) in [5.41, 5.74) is -0.305. The van der Waals surface area contributed by atoms with Crippen LogP contribution in [0.15, 0.2) is 58.4 Å². The predicted molar refractivity (Wildman–Crippen MR) is 88.2 cm³/mol. The van der Waals surface area contributed by atoms with Crippen LogP contribution in [0.4, 0.5) is 4.39 Å². The van der Waals surface area contributed by atoms with E-state index in [-0.39, 0.29) is 22.4 Å². The van der Waals surface area contributed by atoms with Gasteiger partial charge in [0, 0.05) is 5.56 Å². The molecule has 0 aliphatic rings. The first kappa shape index (κ1) is 16.4. The Hall–Kier alpha value is -3.02. The van der Waals surface area contributed by atoms with Gasteiger partial charge in [-0.3, -0.25) is 9.59 Å². The van der Waals surface area contributed by atoms with E-state index in [0.717, 1.165) is 10.6 Å². The molecule has 23 heavy (non-hydrogen) atoms. The zero-order valence-electron chi connectivity index (χ0n) is 12.7. The molecule has 1 aromatic heterocycles. The molecule has 1 aromatic carbocycles. The van der Waals surface area contributed by atoms with Crippen LogP contribution in [-0.2, 0) is 0 Å². The van der Waals surface area contributed by atoms with Crippen molar-refractivity contribution in [2.24, 2.45) is 0 Å². The molecule has 0 aliphatic heterocycles. The third kappa shape index (κ3) is 3.26. The fraction of sp³-hybridized carbons (Fsp3) is 0.118. The molecular weight excluding hydrogens is 299 g/mol. The van der Waals surface area contributed by atoms with E-state index >= 15 is 0 Å². The number of carbonyl (C=O) groups is 1. The van der Waals surface area contributed by atoms with Crippen LogP contribution in [0, 0.1) is 0 Å². The summed E-state index contributed by atoms with van der Waals surface area (Å²) in [4.78, 5) is 38.8. The predicted octanol–water partition coefficient (Wildman–Crippen LogP) is 2.79. The molecule has 0 spiro atoms. The number of allylic oxidation sites excluding steroid dienone is 5. The van der Waals surface area contributed by atoms with Crippen LogP contribution in [0.2, 0.25) is 0 Å². The van der Waals surface area contributed by atoms with Crippen LogP contribution in [0.3, 0.4) is 0 Å². The number of fused-ring (bicyclic) bond motifs is 1. The van der Waals surface area contributed by atoms with Crippen LogP contribution in [0.5, 0.6) is 0 Å². The SMILES string of the molecule is C\C=C/C(=C\C=C\F)n1c(=O)[nH]c2cc(C(C)=O)ccc2c1=O. The lowest BCUT2D eigenvalue weighted by atomic mass is 10.1. The summed E-state index contributed by atoms with van der Waals surface area (Å²) in [6.07, 6.45) is 5.86. The van der Waals surface area contributed by atoms with Gasteiger partial charge in [0.25, 0.3) is 5.56 Å². The van der Waals surface area contributed by atoms with Crippen LogP contribution in [0.1, 0.15) is 24.2 Å². The number of nitrogens with zero attached hydrogens (tertiary/aromatic N) is 1. The average Bonchev–Trinajstić information content (AvgIpc) is 2.51. The highest BCUT2D eigenvalue weighted by molar-refractivity contribution is 5.97. The molecule has 0 saturated heterocycles. The lowest BCUT2D eigenvalue weighted by Crippen LogP contribution is -2.34. The molecule has 0 aliphatic carbocycles. The molecule has 0 bridgehead atoms. The van der Waals surface area contributed by atoms with E-state index in [9.17, 15) is 18.8 Å². The average molecular weight is 314 g/mol. The minimum absolute atomic E-state index is 0.167. The minimum Gasteiger partial charge on any atom is -0.306 e. The van der Waals surface area contributed by atoms with Crippen LogP contribution in [-0.4, -0.2) is 15.3 Å². The van der Waals surface area contributed by atoms with Crippen molar-refractivity contribution in [1.82, 2.24) is 9.55 Å². The van der Waals surface area contributed by atoms with Crippen molar-refractivity contribution in [3.05, 3.63) is 75.2 Å². The number of benzene rings is 1. The molecular formula is C17H15FN2O3. The number of hydrogen-bond donors (Lipinski definition) is 1. The largest absolute Gasteiger partial charge is 0.333 e. The molecule has 1 N–H and O–H groups in total. The number of aromatic nitrogens is 2. The molecule has 0 fully saturated rings. The Morgan fingerprint density at radius 1 is 1.30 bits per heavy atom. The summed E-state index contributed by atoms with van der Waals surface area (Å²) in [7, 11) is 0. The Morgan fingerprint density at radius 3 is 2.65 bits per heavy atom. The quantitative estimate of drug-likeness (QED) is 0.697. The van der Waals surface area contributed by atoms with Crippen molar-refractivity contribution in [2.75, 3.05) is 0 Å².